The van der Waals surface area contributed by atoms with Crippen molar-refractivity contribution >= 4 is 0 Å². The first-order valence-corrected chi connectivity index (χ1v) is 10.4. The van der Waals surface area contributed by atoms with Gasteiger partial charge in [-0.15, -0.1) is 0 Å². The Morgan fingerprint density at radius 2 is 1.29 bits per heavy atom. The summed E-state index contributed by atoms with van der Waals surface area (Å²) in [5.41, 5.74) is 0.00725. The molecule has 2 aliphatic heterocycles. The van der Waals surface area contributed by atoms with Gasteiger partial charge in [-0.25, -0.2) is 0 Å². The van der Waals surface area contributed by atoms with E-state index in [1.807, 2.05) is 0 Å². The predicted octanol–water partition coefficient (Wildman–Crippen LogP) is 5.79. The van der Waals surface area contributed by atoms with Crippen LogP contribution in [0.3, 0.4) is 0 Å². The molecule has 2 aliphatic rings. The van der Waals surface area contributed by atoms with Crippen molar-refractivity contribution in [3.05, 3.63) is 0 Å². The maximum Gasteiger partial charge on any atom is 0.0684 e. The summed E-state index contributed by atoms with van der Waals surface area (Å²) in [5, 5.41) is 0. The van der Waals surface area contributed by atoms with E-state index < -0.39 is 0 Å². The van der Waals surface area contributed by atoms with Crippen molar-refractivity contribution in [2.24, 2.45) is 41.4 Å². The van der Waals surface area contributed by atoms with E-state index in [-0.39, 0.29) is 5.60 Å². The molecule has 0 amide bonds. The van der Waals surface area contributed by atoms with Gasteiger partial charge in [-0.2, -0.15) is 0 Å². The molecule has 0 spiro atoms. The number of rotatable bonds is 4. The van der Waals surface area contributed by atoms with E-state index in [9.17, 15) is 0 Å². The van der Waals surface area contributed by atoms with E-state index in [1.54, 1.807) is 0 Å². The Labute approximate surface area is 151 Å². The molecule has 0 aromatic carbocycles. The van der Waals surface area contributed by atoms with E-state index >= 15 is 0 Å². The van der Waals surface area contributed by atoms with Gasteiger partial charge in [0.15, 0.2) is 0 Å². The molecule has 24 heavy (non-hydrogen) atoms. The summed E-state index contributed by atoms with van der Waals surface area (Å²) in [6.45, 7) is 23.5. The van der Waals surface area contributed by atoms with Crippen LogP contribution in [0, 0.1) is 41.4 Å². The van der Waals surface area contributed by atoms with Gasteiger partial charge >= 0.3 is 0 Å². The van der Waals surface area contributed by atoms with E-state index in [1.165, 1.54) is 0 Å². The van der Waals surface area contributed by atoms with E-state index in [4.69, 9.17) is 9.47 Å². The molecule has 2 rings (SSSR count). The molecule has 10 unspecified atom stereocenters. The Kier molecular flexibility index (Phi) is 6.13. The van der Waals surface area contributed by atoms with Crippen LogP contribution in [0.15, 0.2) is 0 Å². The lowest BCUT2D eigenvalue weighted by Crippen LogP contribution is -2.55. The molecule has 0 N–H and O–H groups in total. The van der Waals surface area contributed by atoms with Crippen LogP contribution in [-0.2, 0) is 9.47 Å². The molecule has 0 aliphatic carbocycles. The van der Waals surface area contributed by atoms with Gasteiger partial charge in [0, 0.05) is 0 Å². The molecule has 2 heteroatoms. The highest BCUT2D eigenvalue weighted by Gasteiger charge is 2.49. The smallest absolute Gasteiger partial charge is 0.0684 e. The quantitative estimate of drug-likeness (QED) is 0.645. The lowest BCUT2D eigenvalue weighted by molar-refractivity contribution is -0.217. The Morgan fingerprint density at radius 1 is 0.792 bits per heavy atom. The van der Waals surface area contributed by atoms with Gasteiger partial charge in [0.2, 0.25) is 0 Å². The molecule has 11 atom stereocenters. The highest BCUT2D eigenvalue weighted by Crippen LogP contribution is 2.47. The third kappa shape index (κ3) is 3.30. The number of hydrogen-bond acceptors (Lipinski definition) is 2. The van der Waals surface area contributed by atoms with E-state index in [0.717, 1.165) is 6.42 Å². The third-order valence-corrected chi connectivity index (χ3v) is 8.53. The minimum absolute atomic E-state index is 0.00725. The van der Waals surface area contributed by atoms with Crippen LogP contribution in [0.4, 0.5) is 0 Å². The molecule has 0 aromatic heterocycles. The fourth-order valence-electron chi connectivity index (χ4n) is 5.25. The molecular weight excluding hydrogens is 296 g/mol. The van der Waals surface area contributed by atoms with Crippen LogP contribution in [0.1, 0.15) is 75.7 Å². The lowest BCUT2D eigenvalue weighted by Gasteiger charge is -2.53. The summed E-state index contributed by atoms with van der Waals surface area (Å²) in [6, 6.07) is 0. The van der Waals surface area contributed by atoms with Gasteiger partial charge in [0.25, 0.3) is 0 Å². The third-order valence-electron chi connectivity index (χ3n) is 8.53. The predicted molar refractivity (Wildman–Crippen MR) is 102 cm³/mol. The van der Waals surface area contributed by atoms with Crippen molar-refractivity contribution in [1.29, 1.82) is 0 Å². The second kappa shape index (κ2) is 7.27. The summed E-state index contributed by atoms with van der Waals surface area (Å²) >= 11 is 0. The number of ether oxygens (including phenoxy) is 2. The maximum absolute atomic E-state index is 6.79. The number of hydrogen-bond donors (Lipinski definition) is 0. The van der Waals surface area contributed by atoms with Crippen LogP contribution in [-0.4, -0.2) is 23.9 Å². The van der Waals surface area contributed by atoms with Crippen LogP contribution >= 0.6 is 0 Å². The summed E-state index contributed by atoms with van der Waals surface area (Å²) < 4.78 is 13.2. The first-order chi connectivity index (χ1) is 11.0. The molecule has 0 aromatic rings. The normalized spacial score (nSPS) is 52.2. The van der Waals surface area contributed by atoms with Crippen molar-refractivity contribution in [2.45, 2.75) is 99.6 Å². The van der Waals surface area contributed by atoms with Gasteiger partial charge < -0.3 is 9.47 Å². The van der Waals surface area contributed by atoms with Gasteiger partial charge in [-0.1, -0.05) is 55.4 Å². The maximum atomic E-state index is 6.79. The van der Waals surface area contributed by atoms with Gasteiger partial charge in [-0.3, -0.25) is 0 Å². The van der Waals surface area contributed by atoms with Gasteiger partial charge in [0.1, 0.15) is 0 Å². The summed E-state index contributed by atoms with van der Waals surface area (Å²) in [5.74, 6) is 4.23. The molecule has 2 saturated heterocycles. The fourth-order valence-corrected chi connectivity index (χ4v) is 5.25. The van der Waals surface area contributed by atoms with Crippen molar-refractivity contribution in [2.75, 3.05) is 0 Å². The monoisotopic (exact) mass is 338 g/mol. The van der Waals surface area contributed by atoms with Crippen LogP contribution in [0.5, 0.6) is 0 Å². The van der Waals surface area contributed by atoms with Crippen LogP contribution in [0.25, 0.3) is 0 Å². The van der Waals surface area contributed by atoms with Crippen LogP contribution in [0.2, 0.25) is 0 Å². The van der Waals surface area contributed by atoms with Crippen molar-refractivity contribution < 1.29 is 9.47 Å². The molecule has 0 bridgehead atoms. The van der Waals surface area contributed by atoms with Gasteiger partial charge in [-0.05, 0) is 61.7 Å². The zero-order chi connectivity index (χ0) is 18.4. The average Bonchev–Trinajstić information content (AvgIpc) is 2.82. The highest BCUT2D eigenvalue weighted by molar-refractivity contribution is 4.97. The summed E-state index contributed by atoms with van der Waals surface area (Å²) in [7, 11) is 0. The standard InChI is InChI=1S/C22H42O2/c1-11-22(10)18(8)12(2)14(4)21(24-22)17(7)16(6)20-15(5)13(3)19(9)23-20/h12-21H,11H2,1-10H3/t12?,13?,14?,15?,16?,17?,18?,19?,20?,21?,22-/m1/s1. The SMILES string of the molecule is CC[C@@]1(C)OC(C(C)C(C)C2OC(C)C(C)C2C)C(C)C(C)C1C. The second-order valence-corrected chi connectivity index (χ2v) is 9.50. The molecule has 2 nitrogen and oxygen atoms in total. The Morgan fingerprint density at radius 3 is 1.75 bits per heavy atom. The van der Waals surface area contributed by atoms with Crippen LogP contribution < -0.4 is 0 Å². The Bertz CT molecular complexity index is 422. The second-order valence-electron chi connectivity index (χ2n) is 9.50. The zero-order valence-electron chi connectivity index (χ0n) is 17.8. The first kappa shape index (κ1) is 20.2. The minimum atomic E-state index is 0.00725. The van der Waals surface area contributed by atoms with E-state index in [0.29, 0.717) is 59.7 Å². The Hall–Kier alpha value is -0.0800. The topological polar surface area (TPSA) is 18.5 Å². The van der Waals surface area contributed by atoms with Crippen molar-refractivity contribution in [3.63, 3.8) is 0 Å². The molecule has 0 radical (unpaired) electrons. The van der Waals surface area contributed by atoms with Gasteiger partial charge in [0.05, 0.1) is 23.9 Å². The first-order valence-electron chi connectivity index (χ1n) is 10.4. The lowest BCUT2D eigenvalue weighted by atomic mass is 9.66. The largest absolute Gasteiger partial charge is 0.374 e. The van der Waals surface area contributed by atoms with Crippen molar-refractivity contribution in [3.8, 4) is 0 Å². The highest BCUT2D eigenvalue weighted by atomic mass is 16.5. The molecule has 2 heterocycles. The molecule has 142 valence electrons. The fraction of sp³-hybridized carbons (Fsp3) is 1.00. The molecule has 2 fully saturated rings. The van der Waals surface area contributed by atoms with E-state index in [2.05, 4.69) is 69.2 Å². The zero-order valence-corrected chi connectivity index (χ0v) is 17.8. The minimum Gasteiger partial charge on any atom is -0.374 e. The average molecular weight is 339 g/mol. The molecular formula is C22H42O2. The summed E-state index contributed by atoms with van der Waals surface area (Å²) in [6.07, 6.45) is 2.17. The van der Waals surface area contributed by atoms with Crippen molar-refractivity contribution in [1.82, 2.24) is 0 Å². The molecule has 0 saturated carbocycles. The summed E-state index contributed by atoms with van der Waals surface area (Å²) in [4.78, 5) is 0. The Balaban J connectivity index is 2.17.